The molecule has 0 atom stereocenters. The topological polar surface area (TPSA) is 70.3 Å². The molecule has 37 heavy (non-hydrogen) atoms. The smallest absolute Gasteiger partial charge is 0.416 e. The van der Waals surface area contributed by atoms with Gasteiger partial charge in [-0.05, 0) is 40.6 Å². The van der Waals surface area contributed by atoms with Crippen molar-refractivity contribution in [3.63, 3.8) is 0 Å². The fourth-order valence-corrected chi connectivity index (χ4v) is 5.23. The number of benzene rings is 2. The van der Waals surface area contributed by atoms with Crippen LogP contribution in [0.1, 0.15) is 27.1 Å². The van der Waals surface area contributed by atoms with Crippen LogP contribution in [0.4, 0.5) is 31.5 Å². The van der Waals surface area contributed by atoms with Crippen LogP contribution in [0.3, 0.4) is 0 Å². The molecule has 3 heterocycles. The monoisotopic (exact) mass is 540 g/mol. The zero-order valence-corrected chi connectivity index (χ0v) is 19.7. The van der Waals surface area contributed by atoms with Gasteiger partial charge in [0.1, 0.15) is 0 Å². The largest absolute Gasteiger partial charge is 0.492 e. The Kier molecular flexibility index (Phi) is 6.44. The van der Waals surface area contributed by atoms with Crippen LogP contribution in [0.5, 0.6) is 5.88 Å². The van der Waals surface area contributed by atoms with Gasteiger partial charge in [-0.1, -0.05) is 23.5 Å². The second-order valence-electron chi connectivity index (χ2n) is 8.39. The lowest BCUT2D eigenvalue weighted by molar-refractivity contribution is -0.143. The minimum absolute atomic E-state index is 0.118. The molecule has 2 aliphatic rings. The molecular formula is C24H18F6N4O2S. The molecule has 2 aliphatic heterocycles. The summed E-state index contributed by atoms with van der Waals surface area (Å²) in [7, 11) is 0. The highest BCUT2D eigenvalue weighted by Gasteiger charge is 2.38. The van der Waals surface area contributed by atoms with Crippen LogP contribution in [0.2, 0.25) is 0 Å². The Morgan fingerprint density at radius 2 is 1.76 bits per heavy atom. The number of alkyl halides is 6. The van der Waals surface area contributed by atoms with Crippen molar-refractivity contribution >= 4 is 28.3 Å². The Bertz CT molecular complexity index is 1490. The number of thiazole rings is 1. The standard InChI is InChI=1S/C24H18F6N4O2S/c25-23(26,27)16-3-1-14(18(11-16)24(28,29)30)10-17(13-2-4-19-15(9-13)12-31-33-19)20-21(35)32-22(37-20)34-5-7-36-8-6-34/h1-4,9,11-12,35H,5-8,10H2. The van der Waals surface area contributed by atoms with Gasteiger partial charge in [0.15, 0.2) is 5.13 Å². The Morgan fingerprint density at radius 1 is 1.00 bits per heavy atom. The SMILES string of the molecule is Oc1nc(N2CCOCC2)sc1C(Cc1ccc(C(F)(F)F)cc1C(F)(F)F)=c1ccc2c(c1)C=NN=2. The summed E-state index contributed by atoms with van der Waals surface area (Å²) in [5, 5.41) is 20.0. The van der Waals surface area contributed by atoms with Crippen molar-refractivity contribution < 1.29 is 36.2 Å². The van der Waals surface area contributed by atoms with Crippen molar-refractivity contribution in [3.8, 4) is 5.88 Å². The van der Waals surface area contributed by atoms with Gasteiger partial charge in [0.25, 0.3) is 0 Å². The van der Waals surface area contributed by atoms with Crippen molar-refractivity contribution in [1.29, 1.82) is 0 Å². The third-order valence-corrected chi connectivity index (χ3v) is 7.17. The third-order valence-electron chi connectivity index (χ3n) is 6.00. The number of ether oxygens (including phenoxy) is 1. The molecule has 0 radical (unpaired) electrons. The Hall–Kier alpha value is -3.45. The van der Waals surface area contributed by atoms with E-state index < -0.39 is 29.9 Å². The first kappa shape index (κ1) is 25.2. The van der Waals surface area contributed by atoms with Gasteiger partial charge < -0.3 is 14.7 Å². The van der Waals surface area contributed by atoms with Gasteiger partial charge >= 0.3 is 12.4 Å². The van der Waals surface area contributed by atoms with E-state index in [-0.39, 0.29) is 28.0 Å². The molecule has 6 nitrogen and oxygen atoms in total. The summed E-state index contributed by atoms with van der Waals surface area (Å²) in [6.45, 7) is 1.96. The fourth-order valence-electron chi connectivity index (χ4n) is 4.15. The maximum absolute atomic E-state index is 13.9. The minimum atomic E-state index is -5.03. The molecule has 1 fully saturated rings. The summed E-state index contributed by atoms with van der Waals surface area (Å²) in [5.41, 5.74) is -2.25. The number of rotatable bonds is 4. The summed E-state index contributed by atoms with van der Waals surface area (Å²) in [5.74, 6) is -0.374. The highest BCUT2D eigenvalue weighted by atomic mass is 32.1. The number of hydrogen-bond donors (Lipinski definition) is 1. The highest BCUT2D eigenvalue weighted by molar-refractivity contribution is 7.17. The van der Waals surface area contributed by atoms with E-state index in [2.05, 4.69) is 15.2 Å². The number of halogens is 6. The summed E-state index contributed by atoms with van der Waals surface area (Å²) < 4.78 is 86.6. The van der Waals surface area contributed by atoms with Gasteiger partial charge in [-0.25, -0.2) is 0 Å². The zero-order valence-electron chi connectivity index (χ0n) is 18.9. The number of fused-ring (bicyclic) bond motifs is 1. The minimum Gasteiger partial charge on any atom is -0.492 e. The maximum Gasteiger partial charge on any atom is 0.416 e. The van der Waals surface area contributed by atoms with E-state index in [4.69, 9.17) is 4.74 Å². The van der Waals surface area contributed by atoms with Gasteiger partial charge in [-0.2, -0.15) is 41.5 Å². The van der Waals surface area contributed by atoms with E-state index in [1.807, 2.05) is 4.90 Å². The summed E-state index contributed by atoms with van der Waals surface area (Å²) in [6.07, 6.45) is -8.88. The molecule has 194 valence electrons. The molecule has 2 aromatic carbocycles. The molecule has 1 saturated heterocycles. The van der Waals surface area contributed by atoms with Crippen molar-refractivity contribution in [2.75, 3.05) is 31.2 Å². The van der Waals surface area contributed by atoms with Gasteiger partial charge in [0, 0.05) is 25.1 Å². The first-order valence-electron chi connectivity index (χ1n) is 11.1. The average Bonchev–Trinajstić information content (AvgIpc) is 3.48. The van der Waals surface area contributed by atoms with Crippen LogP contribution >= 0.6 is 11.3 Å². The van der Waals surface area contributed by atoms with Crippen molar-refractivity contribution in [1.82, 2.24) is 4.98 Å². The quantitative estimate of drug-likeness (QED) is 0.506. The number of aromatic nitrogens is 1. The predicted molar refractivity (Wildman–Crippen MR) is 124 cm³/mol. The van der Waals surface area contributed by atoms with Crippen LogP contribution < -0.4 is 15.5 Å². The molecule has 0 saturated carbocycles. The third kappa shape index (κ3) is 5.18. The number of nitrogens with zero attached hydrogens (tertiary/aromatic N) is 4. The highest BCUT2D eigenvalue weighted by Crippen LogP contribution is 2.41. The van der Waals surface area contributed by atoms with Gasteiger partial charge in [0.2, 0.25) is 5.88 Å². The average molecular weight is 540 g/mol. The van der Waals surface area contributed by atoms with Crippen LogP contribution in [-0.4, -0.2) is 42.6 Å². The number of aromatic hydroxyl groups is 1. The van der Waals surface area contributed by atoms with Gasteiger partial charge in [-0.3, -0.25) is 0 Å². The van der Waals surface area contributed by atoms with Crippen LogP contribution in [0, 0.1) is 0 Å². The van der Waals surface area contributed by atoms with E-state index in [0.29, 0.717) is 53.6 Å². The molecule has 0 amide bonds. The first-order chi connectivity index (χ1) is 17.5. The normalized spacial score (nSPS) is 16.5. The van der Waals surface area contributed by atoms with Gasteiger partial charge in [-0.15, -0.1) is 0 Å². The Balaban J connectivity index is 1.67. The zero-order chi connectivity index (χ0) is 26.4. The first-order valence-corrected chi connectivity index (χ1v) is 11.9. The fraction of sp³-hybridized carbons (Fsp3) is 0.292. The molecule has 13 heteroatoms. The van der Waals surface area contributed by atoms with E-state index in [1.54, 1.807) is 18.2 Å². The summed E-state index contributed by atoms with van der Waals surface area (Å²) in [6, 6.07) is 6.49. The molecule has 0 bridgehead atoms. The van der Waals surface area contributed by atoms with Gasteiger partial charge in [0.05, 0.1) is 40.8 Å². The van der Waals surface area contributed by atoms with E-state index in [0.717, 1.165) is 17.4 Å². The van der Waals surface area contributed by atoms with Crippen LogP contribution in [0.15, 0.2) is 46.6 Å². The number of morpholine rings is 1. The molecule has 0 spiro atoms. The second kappa shape index (κ2) is 9.45. The molecule has 0 aliphatic carbocycles. The molecule has 3 aromatic rings. The summed E-state index contributed by atoms with van der Waals surface area (Å²) >= 11 is 1.10. The molecule has 1 aromatic heterocycles. The maximum atomic E-state index is 13.9. The van der Waals surface area contributed by atoms with E-state index in [9.17, 15) is 31.4 Å². The molecule has 0 unspecified atom stereocenters. The lowest BCUT2D eigenvalue weighted by Crippen LogP contribution is -2.36. The van der Waals surface area contributed by atoms with Crippen molar-refractivity contribution in [3.05, 3.63) is 74.1 Å². The predicted octanol–water partition coefficient (Wildman–Crippen LogP) is 4.13. The number of hydrogen-bond acceptors (Lipinski definition) is 7. The van der Waals surface area contributed by atoms with Crippen LogP contribution in [-0.2, 0) is 23.5 Å². The van der Waals surface area contributed by atoms with Crippen molar-refractivity contribution in [2.45, 2.75) is 18.8 Å². The summed E-state index contributed by atoms with van der Waals surface area (Å²) in [4.78, 5) is 6.34. The van der Waals surface area contributed by atoms with E-state index in [1.165, 1.54) is 6.21 Å². The lowest BCUT2D eigenvalue weighted by atomic mass is 9.94. The van der Waals surface area contributed by atoms with Crippen LogP contribution in [0.25, 0.3) is 5.57 Å². The Labute approximate surface area is 209 Å². The molecule has 5 rings (SSSR count). The lowest BCUT2D eigenvalue weighted by Gasteiger charge is -2.25. The van der Waals surface area contributed by atoms with E-state index >= 15 is 0 Å². The van der Waals surface area contributed by atoms with Crippen molar-refractivity contribution in [2.24, 2.45) is 10.2 Å². The molecule has 1 N–H and O–H groups in total. The number of anilines is 1. The molecular weight excluding hydrogens is 522 g/mol. The Morgan fingerprint density at radius 3 is 2.46 bits per heavy atom. The second-order valence-corrected chi connectivity index (χ2v) is 9.37.